The van der Waals surface area contributed by atoms with Crippen LogP contribution in [0, 0.1) is 0 Å². The van der Waals surface area contributed by atoms with Crippen molar-refractivity contribution in [3.05, 3.63) is 11.8 Å². The maximum absolute atomic E-state index is 4.46. The van der Waals surface area contributed by atoms with Crippen LogP contribution in [0.1, 0.15) is 43.6 Å². The summed E-state index contributed by atoms with van der Waals surface area (Å²) in [7, 11) is 0. The van der Waals surface area contributed by atoms with Gasteiger partial charge in [0.1, 0.15) is 5.82 Å². The standard InChI is InChI=1S/C11H17N3/c1-2-5-9(4-1)10-8-13-14-7-3-6-12-11(10)14/h8-9,12H,1-7H2. The van der Waals surface area contributed by atoms with Gasteiger partial charge in [-0.1, -0.05) is 12.8 Å². The summed E-state index contributed by atoms with van der Waals surface area (Å²) in [4.78, 5) is 0. The fourth-order valence-electron chi connectivity index (χ4n) is 2.73. The van der Waals surface area contributed by atoms with Gasteiger partial charge in [-0.25, -0.2) is 4.68 Å². The molecule has 2 heterocycles. The van der Waals surface area contributed by atoms with Crippen LogP contribution in [0.25, 0.3) is 0 Å². The molecule has 1 fully saturated rings. The van der Waals surface area contributed by atoms with Gasteiger partial charge in [-0.2, -0.15) is 5.10 Å². The fraction of sp³-hybridized carbons (Fsp3) is 0.727. The molecule has 1 aromatic heterocycles. The van der Waals surface area contributed by atoms with Gasteiger partial charge in [0.2, 0.25) is 0 Å². The molecular formula is C11H17N3. The molecule has 76 valence electrons. The van der Waals surface area contributed by atoms with Gasteiger partial charge in [-0.05, 0) is 25.2 Å². The molecule has 1 aromatic rings. The molecule has 3 heteroatoms. The minimum atomic E-state index is 0.782. The molecular weight excluding hydrogens is 174 g/mol. The van der Waals surface area contributed by atoms with Crippen LogP contribution in [0.3, 0.4) is 0 Å². The molecule has 0 radical (unpaired) electrons. The van der Waals surface area contributed by atoms with Crippen molar-refractivity contribution in [2.45, 2.75) is 44.6 Å². The monoisotopic (exact) mass is 191 g/mol. The highest BCUT2D eigenvalue weighted by atomic mass is 15.3. The summed E-state index contributed by atoms with van der Waals surface area (Å²) in [6.45, 7) is 2.21. The van der Waals surface area contributed by atoms with E-state index in [9.17, 15) is 0 Å². The zero-order chi connectivity index (χ0) is 9.38. The zero-order valence-corrected chi connectivity index (χ0v) is 8.50. The first-order valence-corrected chi connectivity index (χ1v) is 5.75. The Morgan fingerprint density at radius 2 is 2.14 bits per heavy atom. The van der Waals surface area contributed by atoms with Crippen molar-refractivity contribution in [2.75, 3.05) is 11.9 Å². The Morgan fingerprint density at radius 3 is 3.00 bits per heavy atom. The molecule has 3 rings (SSSR count). The summed E-state index contributed by atoms with van der Waals surface area (Å²) in [6.07, 6.45) is 8.81. The third kappa shape index (κ3) is 1.22. The SMILES string of the molecule is c1nn2c(c1C1CCCC1)NCCC2. The molecule has 14 heavy (non-hydrogen) atoms. The van der Waals surface area contributed by atoms with Crippen molar-refractivity contribution in [2.24, 2.45) is 0 Å². The Kier molecular flexibility index (Phi) is 1.96. The van der Waals surface area contributed by atoms with E-state index >= 15 is 0 Å². The molecule has 0 spiro atoms. The topological polar surface area (TPSA) is 29.9 Å². The van der Waals surface area contributed by atoms with Crippen LogP contribution in [-0.4, -0.2) is 16.3 Å². The minimum Gasteiger partial charge on any atom is -0.370 e. The van der Waals surface area contributed by atoms with Gasteiger partial charge in [-0.15, -0.1) is 0 Å². The summed E-state index contributed by atoms with van der Waals surface area (Å²) in [5.41, 5.74) is 1.47. The van der Waals surface area contributed by atoms with E-state index in [1.807, 2.05) is 0 Å². The van der Waals surface area contributed by atoms with E-state index in [2.05, 4.69) is 21.3 Å². The lowest BCUT2D eigenvalue weighted by Gasteiger charge is -2.18. The van der Waals surface area contributed by atoms with Crippen LogP contribution in [0.5, 0.6) is 0 Å². The largest absolute Gasteiger partial charge is 0.370 e. The molecule has 3 nitrogen and oxygen atoms in total. The Labute approximate surface area is 84.5 Å². The molecule has 0 saturated heterocycles. The molecule has 0 aromatic carbocycles. The lowest BCUT2D eigenvalue weighted by Crippen LogP contribution is -2.18. The quantitative estimate of drug-likeness (QED) is 0.738. The number of anilines is 1. The van der Waals surface area contributed by atoms with Gasteiger partial charge < -0.3 is 5.32 Å². The third-order valence-electron chi connectivity index (χ3n) is 3.50. The minimum absolute atomic E-state index is 0.782. The van der Waals surface area contributed by atoms with Gasteiger partial charge in [-0.3, -0.25) is 0 Å². The van der Waals surface area contributed by atoms with Crippen molar-refractivity contribution >= 4 is 5.82 Å². The summed E-state index contributed by atoms with van der Waals surface area (Å²) in [6, 6.07) is 0. The Balaban J connectivity index is 1.93. The molecule has 1 N–H and O–H groups in total. The maximum atomic E-state index is 4.46. The van der Waals surface area contributed by atoms with Crippen LogP contribution < -0.4 is 5.32 Å². The summed E-state index contributed by atoms with van der Waals surface area (Å²) in [5, 5.41) is 7.94. The van der Waals surface area contributed by atoms with Gasteiger partial charge in [0, 0.05) is 18.7 Å². The van der Waals surface area contributed by atoms with E-state index in [-0.39, 0.29) is 0 Å². The van der Waals surface area contributed by atoms with Crippen molar-refractivity contribution in [1.29, 1.82) is 0 Å². The summed E-state index contributed by atoms with van der Waals surface area (Å²) < 4.78 is 2.14. The van der Waals surface area contributed by atoms with E-state index in [0.717, 1.165) is 19.0 Å². The van der Waals surface area contributed by atoms with E-state index in [1.165, 1.54) is 43.5 Å². The lowest BCUT2D eigenvalue weighted by molar-refractivity contribution is 0.565. The number of hydrogen-bond donors (Lipinski definition) is 1. The van der Waals surface area contributed by atoms with Gasteiger partial charge in [0.15, 0.2) is 0 Å². The van der Waals surface area contributed by atoms with E-state index in [4.69, 9.17) is 0 Å². The van der Waals surface area contributed by atoms with Gasteiger partial charge in [0.05, 0.1) is 6.20 Å². The number of aryl methyl sites for hydroxylation is 1. The predicted molar refractivity (Wildman–Crippen MR) is 56.5 cm³/mol. The number of aromatic nitrogens is 2. The Morgan fingerprint density at radius 1 is 1.29 bits per heavy atom. The Bertz CT molecular complexity index is 323. The number of fused-ring (bicyclic) bond motifs is 1. The molecule has 0 bridgehead atoms. The molecule has 0 unspecified atom stereocenters. The van der Waals surface area contributed by atoms with Gasteiger partial charge >= 0.3 is 0 Å². The number of nitrogens with one attached hydrogen (secondary N) is 1. The summed E-state index contributed by atoms with van der Waals surface area (Å²) in [5.74, 6) is 2.09. The highest BCUT2D eigenvalue weighted by Crippen LogP contribution is 2.38. The average Bonchev–Trinajstić information content (AvgIpc) is 2.85. The van der Waals surface area contributed by atoms with Gasteiger partial charge in [0.25, 0.3) is 0 Å². The Hall–Kier alpha value is -0.990. The maximum Gasteiger partial charge on any atom is 0.127 e. The van der Waals surface area contributed by atoms with Crippen LogP contribution in [-0.2, 0) is 6.54 Å². The second-order valence-electron chi connectivity index (χ2n) is 4.43. The van der Waals surface area contributed by atoms with Crippen LogP contribution in [0.4, 0.5) is 5.82 Å². The highest BCUT2D eigenvalue weighted by Gasteiger charge is 2.24. The van der Waals surface area contributed by atoms with Crippen LogP contribution >= 0.6 is 0 Å². The molecule has 1 saturated carbocycles. The molecule has 1 aliphatic heterocycles. The molecule has 1 aliphatic carbocycles. The molecule has 0 amide bonds. The first kappa shape index (κ1) is 8.33. The van der Waals surface area contributed by atoms with Crippen molar-refractivity contribution in [3.8, 4) is 0 Å². The average molecular weight is 191 g/mol. The number of rotatable bonds is 1. The van der Waals surface area contributed by atoms with Crippen molar-refractivity contribution in [3.63, 3.8) is 0 Å². The molecule has 2 aliphatic rings. The summed E-state index contributed by atoms with van der Waals surface area (Å²) >= 11 is 0. The lowest BCUT2D eigenvalue weighted by atomic mass is 10.00. The van der Waals surface area contributed by atoms with Crippen LogP contribution in [0.2, 0.25) is 0 Å². The second-order valence-corrected chi connectivity index (χ2v) is 4.43. The number of hydrogen-bond acceptors (Lipinski definition) is 2. The normalized spacial score (nSPS) is 22.0. The van der Waals surface area contributed by atoms with Crippen LogP contribution in [0.15, 0.2) is 6.20 Å². The highest BCUT2D eigenvalue weighted by molar-refractivity contribution is 5.47. The third-order valence-corrected chi connectivity index (χ3v) is 3.50. The second kappa shape index (κ2) is 3.30. The van der Waals surface area contributed by atoms with E-state index < -0.39 is 0 Å². The first-order chi connectivity index (χ1) is 6.95. The van der Waals surface area contributed by atoms with E-state index in [0.29, 0.717) is 0 Å². The van der Waals surface area contributed by atoms with Crippen molar-refractivity contribution < 1.29 is 0 Å². The number of nitrogens with zero attached hydrogens (tertiary/aromatic N) is 2. The smallest absolute Gasteiger partial charge is 0.127 e. The van der Waals surface area contributed by atoms with Crippen molar-refractivity contribution in [1.82, 2.24) is 9.78 Å². The molecule has 0 atom stereocenters. The first-order valence-electron chi connectivity index (χ1n) is 5.75. The van der Waals surface area contributed by atoms with E-state index in [1.54, 1.807) is 0 Å². The predicted octanol–water partition coefficient (Wildman–Crippen LogP) is 2.36. The zero-order valence-electron chi connectivity index (χ0n) is 8.50. The fourth-order valence-corrected chi connectivity index (χ4v) is 2.73.